The lowest BCUT2D eigenvalue weighted by Gasteiger charge is -2.12. The molecule has 2 aromatic carbocycles. The molecule has 138 valence electrons. The third-order valence-corrected chi connectivity index (χ3v) is 3.93. The van der Waals surface area contributed by atoms with Crippen molar-refractivity contribution in [1.29, 1.82) is 0 Å². The molecule has 0 aliphatic heterocycles. The van der Waals surface area contributed by atoms with Gasteiger partial charge in [0, 0.05) is 23.6 Å². The van der Waals surface area contributed by atoms with E-state index >= 15 is 0 Å². The predicted molar refractivity (Wildman–Crippen MR) is 98.3 cm³/mol. The van der Waals surface area contributed by atoms with Gasteiger partial charge in [-0.05, 0) is 43.3 Å². The second-order valence-electron chi connectivity index (χ2n) is 6.06. The van der Waals surface area contributed by atoms with Gasteiger partial charge < -0.3 is 14.6 Å². The molecule has 7 heteroatoms. The highest BCUT2D eigenvalue weighted by molar-refractivity contribution is 6.01. The zero-order valence-electron chi connectivity index (χ0n) is 14.9. The molecule has 0 radical (unpaired) electrons. The van der Waals surface area contributed by atoms with Crippen LogP contribution < -0.4 is 5.32 Å². The summed E-state index contributed by atoms with van der Waals surface area (Å²) >= 11 is 0. The number of rotatable bonds is 6. The summed E-state index contributed by atoms with van der Waals surface area (Å²) in [6.07, 6.45) is -1.03. The number of amides is 1. The van der Waals surface area contributed by atoms with Crippen molar-refractivity contribution in [2.45, 2.75) is 26.4 Å². The summed E-state index contributed by atoms with van der Waals surface area (Å²) in [5.74, 6) is -1.09. The average Bonchev–Trinajstić information content (AvgIpc) is 3.04. The van der Waals surface area contributed by atoms with E-state index in [1.165, 1.54) is 13.8 Å². The minimum Gasteiger partial charge on any atom is -0.454 e. The maximum absolute atomic E-state index is 12.4. The standard InChI is InChI=1S/C20H18N2O5/c1-12(20(25)14-7-9-15(10-8-14)21-13(2)23)26-19(24)11-17-16-5-3-4-6-18(16)27-22-17/h3-10,12H,11H2,1-2H3,(H,21,23)/t12-/m0/s1. The summed E-state index contributed by atoms with van der Waals surface area (Å²) < 4.78 is 10.4. The number of nitrogens with zero attached hydrogens (tertiary/aromatic N) is 1. The molecule has 1 heterocycles. The Hall–Kier alpha value is -3.48. The van der Waals surface area contributed by atoms with E-state index in [0.717, 1.165) is 5.39 Å². The zero-order valence-corrected chi connectivity index (χ0v) is 14.9. The van der Waals surface area contributed by atoms with E-state index in [1.807, 2.05) is 12.1 Å². The summed E-state index contributed by atoms with van der Waals surface area (Å²) in [6, 6.07) is 13.6. The summed E-state index contributed by atoms with van der Waals surface area (Å²) in [5, 5.41) is 7.24. The largest absolute Gasteiger partial charge is 0.454 e. The van der Waals surface area contributed by atoms with Gasteiger partial charge in [0.1, 0.15) is 5.69 Å². The van der Waals surface area contributed by atoms with Crippen molar-refractivity contribution in [3.05, 3.63) is 59.8 Å². The number of Topliss-reactive ketones (excluding diaryl/α,β-unsaturated/α-hetero) is 1. The van der Waals surface area contributed by atoms with Crippen molar-refractivity contribution < 1.29 is 23.6 Å². The molecule has 1 atom stereocenters. The summed E-state index contributed by atoms with van der Waals surface area (Å²) in [4.78, 5) is 35.6. The first-order chi connectivity index (χ1) is 12.9. The fourth-order valence-electron chi connectivity index (χ4n) is 2.65. The number of fused-ring (bicyclic) bond motifs is 1. The Bertz CT molecular complexity index is 991. The molecule has 7 nitrogen and oxygen atoms in total. The Labute approximate surface area is 155 Å². The highest BCUT2D eigenvalue weighted by Gasteiger charge is 2.21. The van der Waals surface area contributed by atoms with Crippen LogP contribution in [0.4, 0.5) is 5.69 Å². The number of ether oxygens (including phenoxy) is 1. The molecule has 1 amide bonds. The second kappa shape index (κ2) is 7.82. The molecule has 0 spiro atoms. The maximum Gasteiger partial charge on any atom is 0.312 e. The molecule has 0 fully saturated rings. The molecule has 0 aliphatic carbocycles. The number of carbonyl (C=O) groups excluding carboxylic acids is 3. The normalized spacial score (nSPS) is 11.8. The van der Waals surface area contributed by atoms with E-state index in [1.54, 1.807) is 36.4 Å². The molecule has 27 heavy (non-hydrogen) atoms. The van der Waals surface area contributed by atoms with Crippen LogP contribution in [0.5, 0.6) is 0 Å². The topological polar surface area (TPSA) is 98.5 Å². The van der Waals surface area contributed by atoms with Gasteiger partial charge in [-0.3, -0.25) is 14.4 Å². The van der Waals surface area contributed by atoms with Crippen LogP contribution in [-0.2, 0) is 20.7 Å². The minimum atomic E-state index is -0.942. The van der Waals surface area contributed by atoms with Crippen LogP contribution in [0.25, 0.3) is 11.0 Å². The maximum atomic E-state index is 12.4. The number of hydrogen-bond acceptors (Lipinski definition) is 6. The Morgan fingerprint density at radius 1 is 1.11 bits per heavy atom. The smallest absolute Gasteiger partial charge is 0.312 e. The monoisotopic (exact) mass is 366 g/mol. The van der Waals surface area contributed by atoms with Gasteiger partial charge in [-0.25, -0.2) is 0 Å². The molecule has 0 bridgehead atoms. The Balaban J connectivity index is 1.62. The number of nitrogens with one attached hydrogen (secondary N) is 1. The van der Waals surface area contributed by atoms with Gasteiger partial charge in [-0.1, -0.05) is 17.3 Å². The van der Waals surface area contributed by atoms with Crippen LogP contribution >= 0.6 is 0 Å². The third-order valence-electron chi connectivity index (χ3n) is 3.93. The minimum absolute atomic E-state index is 0.0872. The first-order valence-electron chi connectivity index (χ1n) is 8.38. The van der Waals surface area contributed by atoms with E-state index in [9.17, 15) is 14.4 Å². The van der Waals surface area contributed by atoms with Gasteiger partial charge in [0.15, 0.2) is 11.7 Å². The second-order valence-corrected chi connectivity index (χ2v) is 6.06. The number of aromatic nitrogens is 1. The van der Waals surface area contributed by atoms with Crippen molar-refractivity contribution in [1.82, 2.24) is 5.16 Å². The van der Waals surface area contributed by atoms with Gasteiger partial charge in [0.2, 0.25) is 11.7 Å². The fourth-order valence-corrected chi connectivity index (χ4v) is 2.65. The molecule has 0 unspecified atom stereocenters. The van der Waals surface area contributed by atoms with Crippen molar-refractivity contribution in [3.8, 4) is 0 Å². The molecule has 0 saturated carbocycles. The zero-order chi connectivity index (χ0) is 19.4. The Morgan fingerprint density at radius 2 is 1.81 bits per heavy atom. The van der Waals surface area contributed by atoms with Gasteiger partial charge in [0.25, 0.3) is 0 Å². The lowest BCUT2D eigenvalue weighted by Crippen LogP contribution is -2.25. The number of carbonyl (C=O) groups is 3. The summed E-state index contributed by atoms with van der Waals surface area (Å²) in [7, 11) is 0. The summed E-state index contributed by atoms with van der Waals surface area (Å²) in [5.41, 5.74) is 2.02. The van der Waals surface area contributed by atoms with Crippen LogP contribution in [0.15, 0.2) is 53.1 Å². The fraction of sp³-hybridized carbons (Fsp3) is 0.200. The number of ketones is 1. The third kappa shape index (κ3) is 4.38. The average molecular weight is 366 g/mol. The summed E-state index contributed by atoms with van der Waals surface area (Å²) in [6.45, 7) is 2.92. The van der Waals surface area contributed by atoms with E-state index in [2.05, 4.69) is 10.5 Å². The molecule has 1 N–H and O–H groups in total. The molecule has 3 aromatic rings. The SMILES string of the molecule is CC(=O)Nc1ccc(C(=O)[C@H](C)OC(=O)Cc2noc3ccccc23)cc1. The van der Waals surface area contributed by atoms with E-state index in [0.29, 0.717) is 22.5 Å². The molecule has 0 saturated heterocycles. The molecular weight excluding hydrogens is 348 g/mol. The lowest BCUT2D eigenvalue weighted by molar-refractivity contribution is -0.145. The molecule has 3 rings (SSSR count). The quantitative estimate of drug-likeness (QED) is 0.531. The van der Waals surface area contributed by atoms with Crippen LogP contribution in [0.1, 0.15) is 29.9 Å². The van der Waals surface area contributed by atoms with Gasteiger partial charge >= 0.3 is 5.97 Å². The van der Waals surface area contributed by atoms with Gasteiger partial charge in [0.05, 0.1) is 6.42 Å². The number of anilines is 1. The molecule has 0 aliphatic rings. The van der Waals surface area contributed by atoms with Gasteiger partial charge in [-0.2, -0.15) is 0 Å². The molecular formula is C20H18N2O5. The number of esters is 1. The number of para-hydroxylation sites is 1. The highest BCUT2D eigenvalue weighted by atomic mass is 16.5. The predicted octanol–water partition coefficient (Wildman–Crippen LogP) is 3.14. The first-order valence-corrected chi connectivity index (χ1v) is 8.38. The van der Waals surface area contributed by atoms with Crippen molar-refractivity contribution >= 4 is 34.3 Å². The van der Waals surface area contributed by atoms with E-state index in [4.69, 9.17) is 9.26 Å². The Kier molecular flexibility index (Phi) is 5.30. The van der Waals surface area contributed by atoms with E-state index in [-0.39, 0.29) is 18.1 Å². The number of benzene rings is 2. The van der Waals surface area contributed by atoms with Crippen LogP contribution in [0.3, 0.4) is 0 Å². The van der Waals surface area contributed by atoms with Crippen LogP contribution in [0, 0.1) is 0 Å². The van der Waals surface area contributed by atoms with Crippen LogP contribution in [0.2, 0.25) is 0 Å². The van der Waals surface area contributed by atoms with Crippen molar-refractivity contribution in [2.75, 3.05) is 5.32 Å². The van der Waals surface area contributed by atoms with Crippen molar-refractivity contribution in [3.63, 3.8) is 0 Å². The molecule has 1 aromatic heterocycles. The highest BCUT2D eigenvalue weighted by Crippen LogP contribution is 2.19. The van der Waals surface area contributed by atoms with Crippen molar-refractivity contribution in [2.24, 2.45) is 0 Å². The van der Waals surface area contributed by atoms with E-state index < -0.39 is 12.1 Å². The van der Waals surface area contributed by atoms with Crippen LogP contribution in [-0.4, -0.2) is 28.9 Å². The first kappa shape index (κ1) is 18.3. The number of hydrogen-bond donors (Lipinski definition) is 1. The van der Waals surface area contributed by atoms with Gasteiger partial charge in [-0.15, -0.1) is 0 Å². The Morgan fingerprint density at radius 3 is 2.52 bits per heavy atom. The lowest BCUT2D eigenvalue weighted by atomic mass is 10.1.